The highest BCUT2D eigenvalue weighted by Crippen LogP contribution is 2.33. The topological polar surface area (TPSA) is 66.4 Å². The van der Waals surface area contributed by atoms with Crippen LogP contribution in [0.4, 0.5) is 0 Å². The van der Waals surface area contributed by atoms with Crippen molar-refractivity contribution in [1.29, 1.82) is 0 Å². The standard InChI is InChI=1S/C15H27NO3/c1-15(2,3)16-14(19)12(9-10-13(17)18)11-7-5-4-6-8-11/h11-12H,4-10H2,1-3H3,(H,16,19)(H,17,18). The Hall–Kier alpha value is -1.06. The number of aliphatic carboxylic acids is 1. The Balaban J connectivity index is 2.66. The zero-order valence-corrected chi connectivity index (χ0v) is 12.4. The monoisotopic (exact) mass is 269 g/mol. The zero-order chi connectivity index (χ0) is 14.5. The lowest BCUT2D eigenvalue weighted by Crippen LogP contribution is -2.46. The van der Waals surface area contributed by atoms with E-state index < -0.39 is 5.97 Å². The number of carbonyl (C=O) groups is 2. The summed E-state index contributed by atoms with van der Waals surface area (Å²) in [5, 5.41) is 11.9. The second-order valence-corrected chi connectivity index (χ2v) is 6.68. The number of nitrogens with one attached hydrogen (secondary N) is 1. The largest absolute Gasteiger partial charge is 0.481 e. The summed E-state index contributed by atoms with van der Waals surface area (Å²) in [5.74, 6) is -0.573. The third-order valence-electron chi connectivity index (χ3n) is 3.72. The fraction of sp³-hybridized carbons (Fsp3) is 0.867. The summed E-state index contributed by atoms with van der Waals surface area (Å²) >= 11 is 0. The minimum Gasteiger partial charge on any atom is -0.481 e. The van der Waals surface area contributed by atoms with Gasteiger partial charge in [-0.1, -0.05) is 19.3 Å². The lowest BCUT2D eigenvalue weighted by molar-refractivity contribution is -0.138. The molecule has 4 heteroatoms. The second kappa shape index (κ2) is 6.92. The van der Waals surface area contributed by atoms with E-state index in [4.69, 9.17) is 5.11 Å². The number of hydrogen-bond donors (Lipinski definition) is 2. The first-order chi connectivity index (χ1) is 8.79. The molecule has 0 radical (unpaired) electrons. The van der Waals surface area contributed by atoms with Crippen molar-refractivity contribution >= 4 is 11.9 Å². The maximum absolute atomic E-state index is 12.4. The number of carboxylic acids is 1. The van der Waals surface area contributed by atoms with E-state index in [-0.39, 0.29) is 23.8 Å². The first-order valence-electron chi connectivity index (χ1n) is 7.33. The van der Waals surface area contributed by atoms with Gasteiger partial charge in [0.15, 0.2) is 0 Å². The van der Waals surface area contributed by atoms with Crippen molar-refractivity contribution in [2.24, 2.45) is 11.8 Å². The first-order valence-corrected chi connectivity index (χ1v) is 7.33. The lowest BCUT2D eigenvalue weighted by atomic mass is 9.77. The van der Waals surface area contributed by atoms with Crippen molar-refractivity contribution in [3.05, 3.63) is 0 Å². The molecule has 1 amide bonds. The van der Waals surface area contributed by atoms with Gasteiger partial charge in [-0.3, -0.25) is 9.59 Å². The van der Waals surface area contributed by atoms with Crippen LogP contribution in [0, 0.1) is 11.8 Å². The predicted octanol–water partition coefficient (Wildman–Crippen LogP) is 2.96. The molecule has 0 spiro atoms. The highest BCUT2D eigenvalue weighted by Gasteiger charge is 2.31. The SMILES string of the molecule is CC(C)(C)NC(=O)C(CCC(=O)O)C1CCCCC1. The van der Waals surface area contributed by atoms with Gasteiger partial charge in [-0.2, -0.15) is 0 Å². The molecule has 1 atom stereocenters. The van der Waals surface area contributed by atoms with Crippen molar-refractivity contribution in [1.82, 2.24) is 5.32 Å². The van der Waals surface area contributed by atoms with Gasteiger partial charge in [0.05, 0.1) is 0 Å². The van der Waals surface area contributed by atoms with Crippen molar-refractivity contribution < 1.29 is 14.7 Å². The summed E-state index contributed by atoms with van der Waals surface area (Å²) in [4.78, 5) is 23.1. The minimum absolute atomic E-state index is 0.0284. The lowest BCUT2D eigenvalue weighted by Gasteiger charge is -2.32. The van der Waals surface area contributed by atoms with Gasteiger partial charge in [-0.05, 0) is 46.0 Å². The summed E-state index contributed by atoms with van der Waals surface area (Å²) < 4.78 is 0. The van der Waals surface area contributed by atoms with Crippen LogP contribution < -0.4 is 5.32 Å². The minimum atomic E-state index is -0.815. The summed E-state index contributed by atoms with van der Waals surface area (Å²) in [6.07, 6.45) is 6.22. The van der Waals surface area contributed by atoms with Crippen molar-refractivity contribution in [3.8, 4) is 0 Å². The van der Waals surface area contributed by atoms with E-state index in [1.165, 1.54) is 6.42 Å². The Morgan fingerprint density at radius 1 is 1.21 bits per heavy atom. The zero-order valence-electron chi connectivity index (χ0n) is 12.4. The van der Waals surface area contributed by atoms with Crippen LogP contribution in [0.5, 0.6) is 0 Å². The molecule has 0 heterocycles. The Morgan fingerprint density at radius 3 is 2.26 bits per heavy atom. The van der Waals surface area contributed by atoms with E-state index in [1.54, 1.807) is 0 Å². The average molecular weight is 269 g/mol. The van der Waals surface area contributed by atoms with Crippen LogP contribution in [0.2, 0.25) is 0 Å². The second-order valence-electron chi connectivity index (χ2n) is 6.68. The Morgan fingerprint density at radius 2 is 1.79 bits per heavy atom. The highest BCUT2D eigenvalue weighted by atomic mass is 16.4. The molecule has 0 aliphatic heterocycles. The van der Waals surface area contributed by atoms with E-state index in [0.29, 0.717) is 12.3 Å². The van der Waals surface area contributed by atoms with Gasteiger partial charge in [0.25, 0.3) is 0 Å². The summed E-state index contributed by atoms with van der Waals surface area (Å²) in [5.41, 5.74) is -0.257. The summed E-state index contributed by atoms with van der Waals surface area (Å²) in [6.45, 7) is 5.88. The molecule has 0 saturated heterocycles. The van der Waals surface area contributed by atoms with E-state index in [0.717, 1.165) is 25.7 Å². The van der Waals surface area contributed by atoms with Gasteiger partial charge in [-0.25, -0.2) is 0 Å². The van der Waals surface area contributed by atoms with Crippen LogP contribution in [0.25, 0.3) is 0 Å². The molecule has 1 saturated carbocycles. The summed E-state index contributed by atoms with van der Waals surface area (Å²) in [6, 6.07) is 0. The van der Waals surface area contributed by atoms with E-state index in [9.17, 15) is 9.59 Å². The Bertz CT molecular complexity index is 314. The smallest absolute Gasteiger partial charge is 0.303 e. The van der Waals surface area contributed by atoms with Crippen molar-refractivity contribution in [2.75, 3.05) is 0 Å². The molecule has 1 aliphatic rings. The number of carbonyl (C=O) groups excluding carboxylic acids is 1. The number of hydrogen-bond acceptors (Lipinski definition) is 2. The number of carboxylic acid groups (broad SMARTS) is 1. The van der Waals surface area contributed by atoms with Crippen LogP contribution in [0.15, 0.2) is 0 Å². The average Bonchev–Trinajstić information content (AvgIpc) is 2.27. The van der Waals surface area contributed by atoms with Crippen molar-refractivity contribution in [3.63, 3.8) is 0 Å². The molecule has 0 bridgehead atoms. The molecule has 110 valence electrons. The quantitative estimate of drug-likeness (QED) is 0.806. The summed E-state index contributed by atoms with van der Waals surface area (Å²) in [7, 11) is 0. The van der Waals surface area contributed by atoms with Crippen LogP contribution in [-0.4, -0.2) is 22.5 Å². The molecular weight excluding hydrogens is 242 g/mol. The maximum Gasteiger partial charge on any atom is 0.303 e. The van der Waals surface area contributed by atoms with Crippen LogP contribution in [0.3, 0.4) is 0 Å². The van der Waals surface area contributed by atoms with E-state index in [2.05, 4.69) is 5.32 Å². The van der Waals surface area contributed by atoms with Crippen molar-refractivity contribution in [2.45, 2.75) is 71.3 Å². The van der Waals surface area contributed by atoms with E-state index in [1.807, 2.05) is 20.8 Å². The Kier molecular flexibility index (Phi) is 5.83. The van der Waals surface area contributed by atoms with Crippen LogP contribution in [-0.2, 0) is 9.59 Å². The molecule has 4 nitrogen and oxygen atoms in total. The number of amides is 1. The fourth-order valence-corrected chi connectivity index (χ4v) is 2.86. The normalized spacial score (nSPS) is 18.9. The van der Waals surface area contributed by atoms with Gasteiger partial charge in [0.2, 0.25) is 5.91 Å². The molecule has 1 rings (SSSR count). The van der Waals surface area contributed by atoms with Gasteiger partial charge < -0.3 is 10.4 Å². The molecule has 19 heavy (non-hydrogen) atoms. The maximum atomic E-state index is 12.4. The molecular formula is C15H27NO3. The van der Waals surface area contributed by atoms with Crippen LogP contribution in [0.1, 0.15) is 65.7 Å². The molecule has 0 aromatic heterocycles. The molecule has 2 N–H and O–H groups in total. The molecule has 0 aromatic rings. The highest BCUT2D eigenvalue weighted by molar-refractivity contribution is 5.80. The molecule has 1 aliphatic carbocycles. The van der Waals surface area contributed by atoms with Crippen LogP contribution >= 0.6 is 0 Å². The molecule has 1 fully saturated rings. The number of rotatable bonds is 5. The van der Waals surface area contributed by atoms with Gasteiger partial charge in [0.1, 0.15) is 0 Å². The Labute approximate surface area is 116 Å². The predicted molar refractivity (Wildman–Crippen MR) is 74.8 cm³/mol. The molecule has 0 aromatic carbocycles. The fourth-order valence-electron chi connectivity index (χ4n) is 2.86. The van der Waals surface area contributed by atoms with Gasteiger partial charge in [-0.15, -0.1) is 0 Å². The first kappa shape index (κ1) is 16.0. The molecule has 1 unspecified atom stereocenters. The van der Waals surface area contributed by atoms with Gasteiger partial charge >= 0.3 is 5.97 Å². The van der Waals surface area contributed by atoms with Gasteiger partial charge in [0, 0.05) is 17.9 Å². The third-order valence-corrected chi connectivity index (χ3v) is 3.72. The third kappa shape index (κ3) is 6.08. The van der Waals surface area contributed by atoms with E-state index >= 15 is 0 Å².